The average Bonchev–Trinajstić information content (AvgIpc) is 2.87. The molecule has 2 heterocycles. The molecule has 4 nitrogen and oxygen atoms in total. The zero-order valence-electron chi connectivity index (χ0n) is 12.6. The highest BCUT2D eigenvalue weighted by molar-refractivity contribution is 9.10. The summed E-state index contributed by atoms with van der Waals surface area (Å²) in [5.74, 6) is 0.332. The Kier molecular flexibility index (Phi) is 4.22. The number of rotatable bonds is 3. The van der Waals surface area contributed by atoms with Crippen LogP contribution in [0.15, 0.2) is 22.7 Å². The van der Waals surface area contributed by atoms with Crippen LogP contribution >= 0.6 is 15.9 Å². The van der Waals surface area contributed by atoms with Gasteiger partial charge in [-0.3, -0.25) is 4.79 Å². The van der Waals surface area contributed by atoms with Crippen LogP contribution in [0, 0.1) is 0 Å². The van der Waals surface area contributed by atoms with Crippen molar-refractivity contribution in [2.45, 2.75) is 31.8 Å². The fourth-order valence-electron chi connectivity index (χ4n) is 3.32. The Bertz CT molecular complexity index is 548. The number of benzene rings is 1. The molecule has 2 atom stereocenters. The van der Waals surface area contributed by atoms with Crippen LogP contribution in [0.1, 0.15) is 31.4 Å². The zero-order valence-corrected chi connectivity index (χ0v) is 14.2. The first-order valence-electron chi connectivity index (χ1n) is 7.61. The van der Waals surface area contributed by atoms with Crippen LogP contribution in [-0.4, -0.2) is 43.5 Å². The van der Waals surface area contributed by atoms with Crippen molar-refractivity contribution in [1.29, 1.82) is 0 Å². The van der Waals surface area contributed by atoms with Crippen LogP contribution in [0.2, 0.25) is 0 Å². The summed E-state index contributed by atoms with van der Waals surface area (Å²) in [6.07, 6.45) is 1.73. The quantitative estimate of drug-likeness (QED) is 0.908. The van der Waals surface area contributed by atoms with Gasteiger partial charge < -0.3 is 15.1 Å². The van der Waals surface area contributed by atoms with E-state index < -0.39 is 0 Å². The number of carbonyl (C=O) groups is 1. The number of nitrogens with one attached hydrogen (secondary N) is 1. The molecule has 5 heteroatoms. The first-order chi connectivity index (χ1) is 10.1. The number of carbonyl (C=O) groups excluding carboxylic acids is 1. The van der Waals surface area contributed by atoms with Gasteiger partial charge in [0.1, 0.15) is 0 Å². The molecule has 1 N–H and O–H groups in total. The van der Waals surface area contributed by atoms with E-state index >= 15 is 0 Å². The number of amides is 1. The number of anilines is 1. The second kappa shape index (κ2) is 5.97. The van der Waals surface area contributed by atoms with Crippen molar-refractivity contribution >= 4 is 27.5 Å². The van der Waals surface area contributed by atoms with E-state index in [9.17, 15) is 4.79 Å². The van der Waals surface area contributed by atoms with Gasteiger partial charge in [0.15, 0.2) is 0 Å². The molecule has 2 unspecified atom stereocenters. The molecule has 1 aromatic rings. The van der Waals surface area contributed by atoms with E-state index in [0.29, 0.717) is 18.0 Å². The van der Waals surface area contributed by atoms with Gasteiger partial charge in [-0.1, -0.05) is 22.0 Å². The molecule has 114 valence electrons. The number of hydrogen-bond acceptors (Lipinski definition) is 3. The SMILES string of the molecule is CNC(C)c1ccc(N2CCN3C(=O)CCC3C2)cc1Br. The molecule has 1 amide bonds. The Morgan fingerprint density at radius 1 is 1.38 bits per heavy atom. The van der Waals surface area contributed by atoms with Crippen molar-refractivity contribution in [2.24, 2.45) is 0 Å². The van der Waals surface area contributed by atoms with E-state index in [1.807, 2.05) is 7.05 Å². The maximum atomic E-state index is 11.8. The third kappa shape index (κ3) is 2.81. The molecule has 0 aromatic heterocycles. The molecule has 0 aliphatic carbocycles. The molecular formula is C16H22BrN3O. The second-order valence-electron chi connectivity index (χ2n) is 5.94. The van der Waals surface area contributed by atoms with Gasteiger partial charge >= 0.3 is 0 Å². The van der Waals surface area contributed by atoms with E-state index in [1.165, 1.54) is 11.3 Å². The smallest absolute Gasteiger partial charge is 0.223 e. The van der Waals surface area contributed by atoms with Crippen molar-refractivity contribution in [3.63, 3.8) is 0 Å². The number of nitrogens with zero attached hydrogens (tertiary/aromatic N) is 2. The van der Waals surface area contributed by atoms with Crippen LogP contribution in [-0.2, 0) is 4.79 Å². The predicted molar refractivity (Wildman–Crippen MR) is 88.6 cm³/mol. The van der Waals surface area contributed by atoms with Crippen LogP contribution in [0.3, 0.4) is 0 Å². The minimum absolute atomic E-state index is 0.331. The van der Waals surface area contributed by atoms with Crippen LogP contribution in [0.4, 0.5) is 5.69 Å². The number of piperazine rings is 1. The lowest BCUT2D eigenvalue weighted by Gasteiger charge is -2.39. The van der Waals surface area contributed by atoms with Gasteiger partial charge in [0.2, 0.25) is 5.91 Å². The monoisotopic (exact) mass is 351 g/mol. The maximum absolute atomic E-state index is 11.8. The van der Waals surface area contributed by atoms with Gasteiger partial charge in [0, 0.05) is 48.3 Å². The first-order valence-corrected chi connectivity index (χ1v) is 8.40. The summed E-state index contributed by atoms with van der Waals surface area (Å²) in [4.78, 5) is 16.2. The molecular weight excluding hydrogens is 330 g/mol. The van der Waals surface area contributed by atoms with Crippen molar-refractivity contribution < 1.29 is 4.79 Å². The Labute approximate surface area is 134 Å². The van der Waals surface area contributed by atoms with Gasteiger partial charge in [-0.25, -0.2) is 0 Å². The Morgan fingerprint density at radius 2 is 2.19 bits per heavy atom. The lowest BCUT2D eigenvalue weighted by atomic mass is 10.1. The lowest BCUT2D eigenvalue weighted by molar-refractivity contribution is -0.129. The minimum Gasteiger partial charge on any atom is -0.368 e. The zero-order chi connectivity index (χ0) is 15.0. The highest BCUT2D eigenvalue weighted by atomic mass is 79.9. The van der Waals surface area contributed by atoms with Crippen LogP contribution < -0.4 is 10.2 Å². The van der Waals surface area contributed by atoms with E-state index in [2.05, 4.69) is 56.2 Å². The molecule has 21 heavy (non-hydrogen) atoms. The van der Waals surface area contributed by atoms with Crippen molar-refractivity contribution in [3.8, 4) is 0 Å². The summed E-state index contributed by atoms with van der Waals surface area (Å²) in [5, 5.41) is 3.27. The summed E-state index contributed by atoms with van der Waals surface area (Å²) in [7, 11) is 1.97. The van der Waals surface area contributed by atoms with Gasteiger partial charge in [-0.05, 0) is 38.1 Å². The predicted octanol–water partition coefficient (Wildman–Crippen LogP) is 2.54. The third-order valence-electron chi connectivity index (χ3n) is 4.74. The molecule has 2 aliphatic rings. The summed E-state index contributed by atoms with van der Waals surface area (Å²) < 4.78 is 1.15. The lowest BCUT2D eigenvalue weighted by Crippen LogP contribution is -2.51. The summed E-state index contributed by atoms with van der Waals surface area (Å²) >= 11 is 3.69. The molecule has 2 aliphatic heterocycles. The highest BCUT2D eigenvalue weighted by Gasteiger charge is 2.35. The molecule has 3 rings (SSSR count). The van der Waals surface area contributed by atoms with Gasteiger partial charge in [-0.15, -0.1) is 0 Å². The molecule has 0 spiro atoms. The molecule has 2 saturated heterocycles. The first kappa shape index (κ1) is 14.9. The Morgan fingerprint density at radius 3 is 2.90 bits per heavy atom. The maximum Gasteiger partial charge on any atom is 0.223 e. The topological polar surface area (TPSA) is 35.6 Å². The molecule has 0 radical (unpaired) electrons. The van der Waals surface area contributed by atoms with E-state index in [1.54, 1.807) is 0 Å². The Balaban J connectivity index is 1.76. The summed E-state index contributed by atoms with van der Waals surface area (Å²) in [6, 6.07) is 7.32. The largest absolute Gasteiger partial charge is 0.368 e. The van der Waals surface area contributed by atoms with Crippen LogP contribution in [0.25, 0.3) is 0 Å². The van der Waals surface area contributed by atoms with E-state index in [4.69, 9.17) is 0 Å². The molecule has 0 bridgehead atoms. The number of halogens is 1. The number of hydrogen-bond donors (Lipinski definition) is 1. The third-order valence-corrected chi connectivity index (χ3v) is 5.43. The van der Waals surface area contributed by atoms with Gasteiger partial charge in [0.25, 0.3) is 0 Å². The van der Waals surface area contributed by atoms with E-state index in [-0.39, 0.29) is 0 Å². The second-order valence-corrected chi connectivity index (χ2v) is 6.80. The van der Waals surface area contributed by atoms with Gasteiger partial charge in [0.05, 0.1) is 0 Å². The van der Waals surface area contributed by atoms with Crippen molar-refractivity contribution in [3.05, 3.63) is 28.2 Å². The standard InChI is InChI=1S/C16H22BrN3O/c1-11(18-2)14-5-3-12(9-15(14)17)19-7-8-20-13(10-19)4-6-16(20)21/h3,5,9,11,13,18H,4,6-8,10H2,1-2H3. The number of fused-ring (bicyclic) bond motifs is 1. The van der Waals surface area contributed by atoms with Crippen molar-refractivity contribution in [1.82, 2.24) is 10.2 Å². The van der Waals surface area contributed by atoms with Crippen LogP contribution in [0.5, 0.6) is 0 Å². The summed E-state index contributed by atoms with van der Waals surface area (Å²) in [6.45, 7) is 4.90. The molecule has 2 fully saturated rings. The fourth-order valence-corrected chi connectivity index (χ4v) is 4.03. The molecule has 0 saturated carbocycles. The molecule has 1 aromatic carbocycles. The highest BCUT2D eigenvalue weighted by Crippen LogP contribution is 2.31. The average molecular weight is 352 g/mol. The van der Waals surface area contributed by atoms with E-state index in [0.717, 1.165) is 36.9 Å². The Hall–Kier alpha value is -1.07. The van der Waals surface area contributed by atoms with Crippen molar-refractivity contribution in [2.75, 3.05) is 31.6 Å². The summed E-state index contributed by atoms with van der Waals surface area (Å²) in [5.41, 5.74) is 2.52. The van der Waals surface area contributed by atoms with Gasteiger partial charge in [-0.2, -0.15) is 0 Å². The fraction of sp³-hybridized carbons (Fsp3) is 0.562. The minimum atomic E-state index is 0.331. The normalized spacial score (nSPS) is 23.4.